The molecular weight excluding hydrogens is 228 g/mol. The minimum Gasteiger partial charge on any atom is -0.462 e. The van der Waals surface area contributed by atoms with Crippen LogP contribution < -0.4 is 0 Å². The third-order valence-corrected chi connectivity index (χ3v) is 3.24. The number of carbonyl (C=O) groups excluding carboxylic acids is 1. The number of esters is 1. The van der Waals surface area contributed by atoms with Gasteiger partial charge in [-0.2, -0.15) is 0 Å². The average Bonchev–Trinajstić information content (AvgIpc) is 2.40. The maximum absolute atomic E-state index is 11.7. The molecule has 18 heavy (non-hydrogen) atoms. The molecule has 0 amide bonds. The van der Waals surface area contributed by atoms with Crippen LogP contribution in [0.25, 0.3) is 0 Å². The van der Waals surface area contributed by atoms with E-state index < -0.39 is 0 Å². The van der Waals surface area contributed by atoms with Crippen molar-refractivity contribution in [1.29, 1.82) is 0 Å². The highest BCUT2D eigenvalue weighted by Crippen LogP contribution is 2.20. The van der Waals surface area contributed by atoms with Crippen LogP contribution in [0, 0.1) is 0 Å². The molecule has 98 valence electrons. The zero-order valence-electron chi connectivity index (χ0n) is 10.8. The maximum Gasteiger partial charge on any atom is 0.338 e. The van der Waals surface area contributed by atoms with Crippen LogP contribution in [0.2, 0.25) is 0 Å². The Morgan fingerprint density at radius 1 is 1.33 bits per heavy atom. The van der Waals surface area contributed by atoms with Crippen LogP contribution in [0.4, 0.5) is 0 Å². The van der Waals surface area contributed by atoms with Crippen molar-refractivity contribution < 1.29 is 14.3 Å². The molecule has 0 radical (unpaired) electrons. The number of carbonyl (C=O) groups is 1. The van der Waals surface area contributed by atoms with E-state index in [9.17, 15) is 4.79 Å². The summed E-state index contributed by atoms with van der Waals surface area (Å²) in [6.45, 7) is 2.53. The largest absolute Gasteiger partial charge is 0.462 e. The van der Waals surface area contributed by atoms with Gasteiger partial charge in [-0.05, 0) is 38.3 Å². The van der Waals surface area contributed by atoms with Gasteiger partial charge in [-0.25, -0.2) is 4.79 Å². The lowest BCUT2D eigenvalue weighted by atomic mass is 10.0. The Kier molecular flexibility index (Phi) is 4.76. The topological polar surface area (TPSA) is 35.5 Å². The molecule has 0 spiro atoms. The van der Waals surface area contributed by atoms with Gasteiger partial charge in [0.05, 0.1) is 24.4 Å². The number of benzene rings is 1. The first-order valence-corrected chi connectivity index (χ1v) is 6.63. The minimum atomic E-state index is -0.251. The van der Waals surface area contributed by atoms with Crippen LogP contribution in [0.1, 0.15) is 43.0 Å². The second-order valence-corrected chi connectivity index (χ2v) is 4.79. The van der Waals surface area contributed by atoms with Crippen LogP contribution in [0.3, 0.4) is 0 Å². The van der Waals surface area contributed by atoms with Gasteiger partial charge in [0, 0.05) is 6.42 Å². The van der Waals surface area contributed by atoms with Crippen molar-refractivity contribution in [2.75, 3.05) is 6.61 Å². The molecule has 0 unspecified atom stereocenters. The van der Waals surface area contributed by atoms with Crippen molar-refractivity contribution in [3.8, 4) is 0 Å². The SMILES string of the molecule is C[C@H]1CCC[C@@H](CCOC(=O)c2ccccc2)O1. The molecule has 3 nitrogen and oxygen atoms in total. The van der Waals surface area contributed by atoms with E-state index >= 15 is 0 Å². The number of rotatable bonds is 4. The lowest BCUT2D eigenvalue weighted by Gasteiger charge is -2.27. The van der Waals surface area contributed by atoms with E-state index in [1.165, 1.54) is 6.42 Å². The van der Waals surface area contributed by atoms with Crippen LogP contribution in [-0.4, -0.2) is 24.8 Å². The van der Waals surface area contributed by atoms with Crippen molar-refractivity contribution in [2.45, 2.75) is 44.8 Å². The summed E-state index contributed by atoms with van der Waals surface area (Å²) >= 11 is 0. The fraction of sp³-hybridized carbons (Fsp3) is 0.533. The Morgan fingerprint density at radius 2 is 2.11 bits per heavy atom. The molecule has 0 bridgehead atoms. The van der Waals surface area contributed by atoms with Gasteiger partial charge in [0.1, 0.15) is 0 Å². The van der Waals surface area contributed by atoms with Gasteiger partial charge in [-0.1, -0.05) is 18.2 Å². The zero-order valence-corrected chi connectivity index (χ0v) is 10.8. The summed E-state index contributed by atoms with van der Waals surface area (Å²) in [5.41, 5.74) is 0.607. The van der Waals surface area contributed by atoms with Crippen molar-refractivity contribution in [3.63, 3.8) is 0 Å². The standard InChI is InChI=1S/C15H20O3/c1-12-6-5-9-14(18-12)10-11-17-15(16)13-7-3-2-4-8-13/h2-4,7-8,12,14H,5-6,9-11H2,1H3/t12-,14-/m0/s1. The second kappa shape index (κ2) is 6.55. The molecule has 3 heteroatoms. The van der Waals surface area contributed by atoms with Gasteiger partial charge in [0.2, 0.25) is 0 Å². The third kappa shape index (κ3) is 3.84. The van der Waals surface area contributed by atoms with Crippen molar-refractivity contribution in [3.05, 3.63) is 35.9 Å². The van der Waals surface area contributed by atoms with Crippen molar-refractivity contribution >= 4 is 5.97 Å². The summed E-state index contributed by atoms with van der Waals surface area (Å²) in [4.78, 5) is 11.7. The molecule has 1 aromatic carbocycles. The molecule has 0 aliphatic carbocycles. The first-order valence-electron chi connectivity index (χ1n) is 6.63. The molecule has 1 saturated heterocycles. The molecule has 0 saturated carbocycles. The number of ether oxygens (including phenoxy) is 2. The minimum absolute atomic E-state index is 0.248. The third-order valence-electron chi connectivity index (χ3n) is 3.24. The number of hydrogen-bond donors (Lipinski definition) is 0. The maximum atomic E-state index is 11.7. The summed E-state index contributed by atoms with van der Waals surface area (Å²) in [5, 5.41) is 0. The summed E-state index contributed by atoms with van der Waals surface area (Å²) in [7, 11) is 0. The van der Waals surface area contributed by atoms with E-state index in [0.717, 1.165) is 19.3 Å². The number of hydrogen-bond acceptors (Lipinski definition) is 3. The highest BCUT2D eigenvalue weighted by atomic mass is 16.5. The molecule has 1 fully saturated rings. The van der Waals surface area contributed by atoms with Crippen molar-refractivity contribution in [1.82, 2.24) is 0 Å². The van der Waals surface area contributed by atoms with E-state index in [1.807, 2.05) is 18.2 Å². The van der Waals surface area contributed by atoms with Crippen LogP contribution in [0.15, 0.2) is 30.3 Å². The fourth-order valence-corrected chi connectivity index (χ4v) is 2.25. The Morgan fingerprint density at radius 3 is 2.83 bits per heavy atom. The molecule has 1 aromatic rings. The predicted molar refractivity (Wildman–Crippen MR) is 69.5 cm³/mol. The molecule has 2 rings (SSSR count). The zero-order chi connectivity index (χ0) is 12.8. The van der Waals surface area contributed by atoms with E-state index in [-0.39, 0.29) is 12.1 Å². The Bertz CT molecular complexity index is 375. The molecular formula is C15H20O3. The fourth-order valence-electron chi connectivity index (χ4n) is 2.25. The summed E-state index contributed by atoms with van der Waals surface area (Å²) in [5.74, 6) is -0.251. The molecule has 1 aliphatic heterocycles. The Balaban J connectivity index is 1.70. The first kappa shape index (κ1) is 13.1. The quantitative estimate of drug-likeness (QED) is 0.768. The molecule has 0 aromatic heterocycles. The lowest BCUT2D eigenvalue weighted by molar-refractivity contribution is -0.0508. The van der Waals surface area contributed by atoms with E-state index in [4.69, 9.17) is 9.47 Å². The van der Waals surface area contributed by atoms with E-state index in [2.05, 4.69) is 6.92 Å². The first-order chi connectivity index (χ1) is 8.75. The smallest absolute Gasteiger partial charge is 0.338 e. The summed E-state index contributed by atoms with van der Waals surface area (Å²) in [6, 6.07) is 9.09. The second-order valence-electron chi connectivity index (χ2n) is 4.79. The highest BCUT2D eigenvalue weighted by Gasteiger charge is 2.19. The average molecular weight is 248 g/mol. The van der Waals surface area contributed by atoms with Gasteiger partial charge < -0.3 is 9.47 Å². The van der Waals surface area contributed by atoms with Gasteiger partial charge in [-0.15, -0.1) is 0 Å². The highest BCUT2D eigenvalue weighted by molar-refractivity contribution is 5.89. The van der Waals surface area contributed by atoms with E-state index in [1.54, 1.807) is 12.1 Å². The summed E-state index contributed by atoms with van der Waals surface area (Å²) in [6.07, 6.45) is 4.81. The predicted octanol–water partition coefficient (Wildman–Crippen LogP) is 3.19. The van der Waals surface area contributed by atoms with Crippen LogP contribution in [0.5, 0.6) is 0 Å². The molecule has 1 aliphatic rings. The van der Waals surface area contributed by atoms with Gasteiger partial charge >= 0.3 is 5.97 Å². The Hall–Kier alpha value is -1.35. The van der Waals surface area contributed by atoms with Gasteiger partial charge in [0.25, 0.3) is 0 Å². The van der Waals surface area contributed by atoms with Crippen LogP contribution in [-0.2, 0) is 9.47 Å². The molecule has 2 atom stereocenters. The summed E-state index contributed by atoms with van der Waals surface area (Å²) < 4.78 is 11.0. The normalized spacial score (nSPS) is 23.6. The van der Waals surface area contributed by atoms with Crippen LogP contribution >= 0.6 is 0 Å². The van der Waals surface area contributed by atoms with Gasteiger partial charge in [-0.3, -0.25) is 0 Å². The Labute approximate surface area is 108 Å². The monoisotopic (exact) mass is 248 g/mol. The van der Waals surface area contributed by atoms with Gasteiger partial charge in [0.15, 0.2) is 0 Å². The molecule has 1 heterocycles. The lowest BCUT2D eigenvalue weighted by Crippen LogP contribution is -2.26. The van der Waals surface area contributed by atoms with E-state index in [0.29, 0.717) is 18.3 Å². The van der Waals surface area contributed by atoms with Crippen molar-refractivity contribution in [2.24, 2.45) is 0 Å². The molecule has 0 N–H and O–H groups in total.